The second-order valence-electron chi connectivity index (χ2n) is 6.19. The molecule has 0 aliphatic carbocycles. The number of aromatic amines is 1. The number of aromatic hydroxyl groups is 1. The molecule has 0 radical (unpaired) electrons. The summed E-state index contributed by atoms with van der Waals surface area (Å²) in [4.78, 5) is 27.8. The first-order chi connectivity index (χ1) is 13.1. The fourth-order valence-corrected chi connectivity index (χ4v) is 2.87. The van der Waals surface area contributed by atoms with E-state index in [4.69, 9.17) is 5.11 Å². The number of aliphatic hydroxyl groups is 1. The predicted octanol–water partition coefficient (Wildman–Crippen LogP) is 1.92. The van der Waals surface area contributed by atoms with Crippen LogP contribution in [0.15, 0.2) is 54.7 Å². The van der Waals surface area contributed by atoms with Gasteiger partial charge in [0.05, 0.1) is 6.61 Å². The molecule has 0 saturated carbocycles. The quantitative estimate of drug-likeness (QED) is 0.410. The standard InChI is InChI=1S/C20H21N3O4/c24-10-9-19(26)23-18(20(27)22-14-5-7-15(25)8-6-14)11-13-12-21-17-4-2-1-3-16(13)17/h1-8,12,18,21,24-25H,9-11H2,(H,22,27)(H,23,26)/t18-/m0/s1. The first-order valence-electron chi connectivity index (χ1n) is 8.62. The Labute approximate surface area is 156 Å². The van der Waals surface area contributed by atoms with Gasteiger partial charge in [0.15, 0.2) is 0 Å². The number of fused-ring (bicyclic) bond motifs is 1. The third-order valence-electron chi connectivity index (χ3n) is 4.22. The molecule has 2 aromatic carbocycles. The van der Waals surface area contributed by atoms with Crippen LogP contribution in [-0.2, 0) is 16.0 Å². The van der Waals surface area contributed by atoms with Gasteiger partial charge in [0, 0.05) is 35.6 Å². The Hall–Kier alpha value is -3.32. The number of rotatable bonds is 7. The minimum Gasteiger partial charge on any atom is -0.508 e. The lowest BCUT2D eigenvalue weighted by atomic mass is 10.0. The zero-order valence-electron chi connectivity index (χ0n) is 14.6. The van der Waals surface area contributed by atoms with Crippen molar-refractivity contribution >= 4 is 28.4 Å². The number of benzene rings is 2. The first-order valence-corrected chi connectivity index (χ1v) is 8.62. The van der Waals surface area contributed by atoms with Gasteiger partial charge in [-0.15, -0.1) is 0 Å². The number of aliphatic hydroxyl groups excluding tert-OH is 1. The third kappa shape index (κ3) is 4.65. The number of aromatic nitrogens is 1. The van der Waals surface area contributed by atoms with Crippen molar-refractivity contribution < 1.29 is 19.8 Å². The molecule has 0 aliphatic rings. The summed E-state index contributed by atoms with van der Waals surface area (Å²) in [6.45, 7) is -0.286. The monoisotopic (exact) mass is 367 g/mol. The van der Waals surface area contributed by atoms with Crippen molar-refractivity contribution in [3.8, 4) is 5.75 Å². The molecule has 0 fully saturated rings. The average molecular weight is 367 g/mol. The van der Waals surface area contributed by atoms with Gasteiger partial charge < -0.3 is 25.8 Å². The van der Waals surface area contributed by atoms with E-state index in [1.54, 1.807) is 12.1 Å². The largest absolute Gasteiger partial charge is 0.508 e. The van der Waals surface area contributed by atoms with Gasteiger partial charge in [0.2, 0.25) is 11.8 Å². The minimum atomic E-state index is -0.808. The number of amides is 2. The van der Waals surface area contributed by atoms with Crippen molar-refractivity contribution in [1.82, 2.24) is 10.3 Å². The van der Waals surface area contributed by atoms with E-state index >= 15 is 0 Å². The van der Waals surface area contributed by atoms with Gasteiger partial charge in [-0.1, -0.05) is 18.2 Å². The number of phenols is 1. The molecule has 0 saturated heterocycles. The van der Waals surface area contributed by atoms with Gasteiger partial charge in [0.25, 0.3) is 0 Å². The molecule has 7 nitrogen and oxygen atoms in total. The molecule has 3 rings (SSSR count). The number of phenolic OH excluding ortho intramolecular Hbond substituents is 1. The van der Waals surface area contributed by atoms with Crippen molar-refractivity contribution in [3.63, 3.8) is 0 Å². The highest BCUT2D eigenvalue weighted by Crippen LogP contribution is 2.20. The van der Waals surface area contributed by atoms with Crippen LogP contribution in [0.4, 0.5) is 5.69 Å². The smallest absolute Gasteiger partial charge is 0.247 e. The molecule has 2 amide bonds. The van der Waals surface area contributed by atoms with Gasteiger partial charge in [-0.25, -0.2) is 0 Å². The summed E-state index contributed by atoms with van der Waals surface area (Å²) in [5, 5.41) is 24.7. The van der Waals surface area contributed by atoms with E-state index in [1.807, 2.05) is 30.5 Å². The van der Waals surface area contributed by atoms with Crippen molar-refractivity contribution in [2.45, 2.75) is 18.9 Å². The Morgan fingerprint density at radius 1 is 1.07 bits per heavy atom. The van der Waals surface area contributed by atoms with Crippen LogP contribution in [0, 0.1) is 0 Å². The number of carbonyl (C=O) groups excluding carboxylic acids is 2. The zero-order chi connectivity index (χ0) is 19.2. The van der Waals surface area contributed by atoms with Gasteiger partial charge in [-0.2, -0.15) is 0 Å². The normalized spacial score (nSPS) is 11.9. The number of nitrogens with one attached hydrogen (secondary N) is 3. The molecule has 1 aromatic heterocycles. The summed E-state index contributed by atoms with van der Waals surface area (Å²) in [6, 6.07) is 13.0. The van der Waals surface area contributed by atoms with E-state index in [2.05, 4.69) is 15.6 Å². The molecule has 5 N–H and O–H groups in total. The van der Waals surface area contributed by atoms with Crippen LogP contribution in [0.1, 0.15) is 12.0 Å². The molecule has 7 heteroatoms. The van der Waals surface area contributed by atoms with Crippen LogP contribution >= 0.6 is 0 Å². The Morgan fingerprint density at radius 2 is 1.81 bits per heavy atom. The van der Waals surface area contributed by atoms with E-state index in [0.717, 1.165) is 16.5 Å². The number of para-hydroxylation sites is 1. The fourth-order valence-electron chi connectivity index (χ4n) is 2.87. The molecule has 0 bridgehead atoms. The predicted molar refractivity (Wildman–Crippen MR) is 102 cm³/mol. The van der Waals surface area contributed by atoms with Gasteiger partial charge in [-0.3, -0.25) is 9.59 Å². The van der Waals surface area contributed by atoms with Crippen LogP contribution in [-0.4, -0.2) is 39.7 Å². The molecule has 3 aromatic rings. The lowest BCUT2D eigenvalue weighted by Crippen LogP contribution is -2.45. The second-order valence-corrected chi connectivity index (χ2v) is 6.19. The highest BCUT2D eigenvalue weighted by Gasteiger charge is 2.22. The topological polar surface area (TPSA) is 114 Å². The minimum absolute atomic E-state index is 0.0725. The van der Waals surface area contributed by atoms with Gasteiger partial charge in [0.1, 0.15) is 11.8 Å². The fraction of sp³-hybridized carbons (Fsp3) is 0.200. The van der Waals surface area contributed by atoms with E-state index in [-0.39, 0.29) is 24.7 Å². The van der Waals surface area contributed by atoms with Crippen molar-refractivity contribution in [2.75, 3.05) is 11.9 Å². The summed E-state index contributed by atoms with van der Waals surface area (Å²) in [7, 11) is 0. The van der Waals surface area contributed by atoms with Crippen molar-refractivity contribution in [1.29, 1.82) is 0 Å². The van der Waals surface area contributed by atoms with Crippen LogP contribution in [0.3, 0.4) is 0 Å². The van der Waals surface area contributed by atoms with Crippen LogP contribution in [0.5, 0.6) is 5.75 Å². The SMILES string of the molecule is O=C(CCO)N[C@@H](Cc1c[nH]c2ccccc12)C(=O)Nc1ccc(O)cc1. The Bertz CT molecular complexity index is 934. The van der Waals surface area contributed by atoms with E-state index in [9.17, 15) is 14.7 Å². The van der Waals surface area contributed by atoms with E-state index in [0.29, 0.717) is 12.1 Å². The summed E-state index contributed by atoms with van der Waals surface area (Å²) in [5.74, 6) is -0.681. The maximum Gasteiger partial charge on any atom is 0.247 e. The third-order valence-corrected chi connectivity index (χ3v) is 4.22. The highest BCUT2D eigenvalue weighted by molar-refractivity contribution is 5.98. The van der Waals surface area contributed by atoms with Crippen LogP contribution < -0.4 is 10.6 Å². The Morgan fingerprint density at radius 3 is 2.56 bits per heavy atom. The number of anilines is 1. The molecule has 1 heterocycles. The molecule has 140 valence electrons. The zero-order valence-corrected chi connectivity index (χ0v) is 14.6. The summed E-state index contributed by atoms with van der Waals surface area (Å²) in [6.07, 6.45) is 2.05. The number of H-pyrrole nitrogens is 1. The summed E-state index contributed by atoms with van der Waals surface area (Å²) < 4.78 is 0. The molecule has 0 aliphatic heterocycles. The summed E-state index contributed by atoms with van der Waals surface area (Å²) >= 11 is 0. The van der Waals surface area contributed by atoms with Gasteiger partial charge >= 0.3 is 0 Å². The number of hydrogen-bond acceptors (Lipinski definition) is 4. The molecule has 0 spiro atoms. The van der Waals surface area contributed by atoms with Crippen LogP contribution in [0.2, 0.25) is 0 Å². The van der Waals surface area contributed by atoms with Gasteiger partial charge in [-0.05, 0) is 35.9 Å². The first kappa shape index (κ1) is 18.5. The Kier molecular flexibility index (Phi) is 5.73. The lowest BCUT2D eigenvalue weighted by molar-refractivity contribution is -0.126. The van der Waals surface area contributed by atoms with Crippen molar-refractivity contribution in [3.05, 3.63) is 60.3 Å². The maximum absolute atomic E-state index is 12.7. The average Bonchev–Trinajstić information content (AvgIpc) is 3.06. The number of carbonyl (C=O) groups is 2. The lowest BCUT2D eigenvalue weighted by Gasteiger charge is -2.18. The number of hydrogen-bond donors (Lipinski definition) is 5. The molecule has 0 unspecified atom stereocenters. The maximum atomic E-state index is 12.7. The van der Waals surface area contributed by atoms with E-state index in [1.165, 1.54) is 12.1 Å². The Balaban J connectivity index is 1.80. The molecule has 27 heavy (non-hydrogen) atoms. The van der Waals surface area contributed by atoms with Crippen molar-refractivity contribution in [2.24, 2.45) is 0 Å². The summed E-state index contributed by atoms with van der Waals surface area (Å²) in [5.41, 5.74) is 2.37. The van der Waals surface area contributed by atoms with Crippen LogP contribution in [0.25, 0.3) is 10.9 Å². The molecular formula is C20H21N3O4. The molecular weight excluding hydrogens is 346 g/mol. The second kappa shape index (κ2) is 8.37. The highest BCUT2D eigenvalue weighted by atomic mass is 16.3. The molecule has 1 atom stereocenters. The van der Waals surface area contributed by atoms with E-state index < -0.39 is 11.9 Å².